The molecule has 0 saturated carbocycles. The SMILES string of the molecule is COc1ccccc1N1CCN(C(=O)CCc2c(Cl)cccc2Cl)CC1. The number of halogens is 2. The minimum atomic E-state index is 0.140. The molecule has 26 heavy (non-hydrogen) atoms. The number of amides is 1. The van der Waals surface area contributed by atoms with Gasteiger partial charge in [-0.05, 0) is 36.2 Å². The highest BCUT2D eigenvalue weighted by Crippen LogP contribution is 2.29. The highest BCUT2D eigenvalue weighted by molar-refractivity contribution is 6.36. The van der Waals surface area contributed by atoms with E-state index in [9.17, 15) is 4.79 Å². The molecule has 0 aliphatic carbocycles. The third-order valence-electron chi connectivity index (χ3n) is 4.71. The largest absolute Gasteiger partial charge is 0.495 e. The van der Waals surface area contributed by atoms with E-state index in [2.05, 4.69) is 11.0 Å². The maximum Gasteiger partial charge on any atom is 0.223 e. The van der Waals surface area contributed by atoms with Gasteiger partial charge in [0.05, 0.1) is 12.8 Å². The number of ether oxygens (including phenoxy) is 1. The fraction of sp³-hybridized carbons (Fsp3) is 0.350. The molecule has 1 saturated heterocycles. The summed E-state index contributed by atoms with van der Waals surface area (Å²) in [4.78, 5) is 16.7. The molecule has 1 amide bonds. The van der Waals surface area contributed by atoms with Crippen molar-refractivity contribution >= 4 is 34.8 Å². The summed E-state index contributed by atoms with van der Waals surface area (Å²) in [5.41, 5.74) is 1.92. The fourth-order valence-corrected chi connectivity index (χ4v) is 3.84. The van der Waals surface area contributed by atoms with E-state index >= 15 is 0 Å². The van der Waals surface area contributed by atoms with Crippen LogP contribution in [0, 0.1) is 0 Å². The molecule has 0 unspecified atom stereocenters. The zero-order valence-electron chi connectivity index (χ0n) is 14.8. The van der Waals surface area contributed by atoms with Gasteiger partial charge in [0, 0.05) is 42.6 Å². The molecule has 0 N–H and O–H groups in total. The molecular weight excluding hydrogens is 371 g/mol. The first-order valence-corrected chi connectivity index (χ1v) is 9.44. The summed E-state index contributed by atoms with van der Waals surface area (Å²) >= 11 is 12.4. The number of carbonyl (C=O) groups excluding carboxylic acids is 1. The van der Waals surface area contributed by atoms with Crippen molar-refractivity contribution in [2.45, 2.75) is 12.8 Å². The van der Waals surface area contributed by atoms with Gasteiger partial charge in [0.25, 0.3) is 0 Å². The number of benzene rings is 2. The highest BCUT2D eigenvalue weighted by atomic mass is 35.5. The molecule has 0 aromatic heterocycles. The maximum atomic E-state index is 12.6. The molecule has 1 aliphatic rings. The molecule has 1 heterocycles. The molecule has 2 aromatic carbocycles. The Hall–Kier alpha value is -1.91. The minimum Gasteiger partial charge on any atom is -0.495 e. The molecule has 138 valence electrons. The Morgan fingerprint density at radius 2 is 1.65 bits per heavy atom. The van der Waals surface area contributed by atoms with Crippen LogP contribution in [0.3, 0.4) is 0 Å². The normalized spacial score (nSPS) is 14.4. The average molecular weight is 393 g/mol. The van der Waals surface area contributed by atoms with Crippen molar-refractivity contribution in [2.24, 2.45) is 0 Å². The molecule has 0 bridgehead atoms. The van der Waals surface area contributed by atoms with Crippen LogP contribution in [-0.2, 0) is 11.2 Å². The summed E-state index contributed by atoms with van der Waals surface area (Å²) in [5.74, 6) is 1.00. The van der Waals surface area contributed by atoms with Gasteiger partial charge in [-0.2, -0.15) is 0 Å². The standard InChI is InChI=1S/C20H22Cl2N2O2/c1-26-19-8-3-2-7-18(19)23-11-13-24(14-12-23)20(25)10-9-15-16(21)5-4-6-17(15)22/h2-8H,9-14H2,1H3. The summed E-state index contributed by atoms with van der Waals surface area (Å²) < 4.78 is 5.44. The topological polar surface area (TPSA) is 32.8 Å². The third kappa shape index (κ3) is 4.25. The molecule has 4 nitrogen and oxygen atoms in total. The van der Waals surface area contributed by atoms with E-state index in [1.54, 1.807) is 19.2 Å². The monoisotopic (exact) mass is 392 g/mol. The lowest BCUT2D eigenvalue weighted by molar-refractivity contribution is -0.131. The first kappa shape index (κ1) is 18.9. The van der Waals surface area contributed by atoms with Gasteiger partial charge in [0.15, 0.2) is 0 Å². The zero-order chi connectivity index (χ0) is 18.5. The van der Waals surface area contributed by atoms with E-state index in [0.717, 1.165) is 30.1 Å². The van der Waals surface area contributed by atoms with E-state index in [1.165, 1.54) is 0 Å². The van der Waals surface area contributed by atoms with Crippen molar-refractivity contribution in [1.29, 1.82) is 0 Å². The van der Waals surface area contributed by atoms with Crippen molar-refractivity contribution in [3.8, 4) is 5.75 Å². The molecule has 6 heteroatoms. The quantitative estimate of drug-likeness (QED) is 0.760. The van der Waals surface area contributed by atoms with Crippen molar-refractivity contribution in [3.63, 3.8) is 0 Å². The number of piperazine rings is 1. The number of anilines is 1. The molecule has 2 aromatic rings. The smallest absolute Gasteiger partial charge is 0.223 e. The first-order valence-electron chi connectivity index (χ1n) is 8.69. The summed E-state index contributed by atoms with van der Waals surface area (Å²) in [6.07, 6.45) is 0.974. The Bertz CT molecular complexity index is 754. The predicted molar refractivity (Wildman–Crippen MR) is 107 cm³/mol. The minimum absolute atomic E-state index is 0.140. The third-order valence-corrected chi connectivity index (χ3v) is 5.42. The van der Waals surface area contributed by atoms with Crippen LogP contribution in [0.25, 0.3) is 0 Å². The van der Waals surface area contributed by atoms with Crippen molar-refractivity contribution < 1.29 is 9.53 Å². The van der Waals surface area contributed by atoms with Gasteiger partial charge in [-0.1, -0.05) is 41.4 Å². The van der Waals surface area contributed by atoms with Crippen molar-refractivity contribution in [2.75, 3.05) is 38.2 Å². The van der Waals surface area contributed by atoms with Gasteiger partial charge < -0.3 is 14.5 Å². The number of hydrogen-bond acceptors (Lipinski definition) is 3. The Labute approximate surface area is 164 Å². The van der Waals surface area contributed by atoms with Gasteiger partial charge in [-0.15, -0.1) is 0 Å². The molecular formula is C20H22Cl2N2O2. The van der Waals surface area contributed by atoms with Crippen LogP contribution in [0.2, 0.25) is 10.0 Å². The Morgan fingerprint density at radius 3 is 2.31 bits per heavy atom. The van der Waals surface area contributed by atoms with Crippen LogP contribution in [0.4, 0.5) is 5.69 Å². The van der Waals surface area contributed by atoms with Gasteiger partial charge >= 0.3 is 0 Å². The Kier molecular flexibility index (Phi) is 6.28. The average Bonchev–Trinajstić information content (AvgIpc) is 2.67. The van der Waals surface area contributed by atoms with E-state index in [1.807, 2.05) is 29.2 Å². The van der Waals surface area contributed by atoms with Crippen molar-refractivity contribution in [1.82, 2.24) is 4.90 Å². The van der Waals surface area contributed by atoms with Crippen LogP contribution in [0.5, 0.6) is 5.75 Å². The molecule has 0 atom stereocenters. The number of rotatable bonds is 5. The second-order valence-electron chi connectivity index (χ2n) is 6.24. The second-order valence-corrected chi connectivity index (χ2v) is 7.05. The van der Waals surface area contributed by atoms with E-state index in [4.69, 9.17) is 27.9 Å². The molecule has 0 spiro atoms. The molecule has 3 rings (SSSR count). The van der Waals surface area contributed by atoms with Gasteiger partial charge in [0.1, 0.15) is 5.75 Å². The Morgan fingerprint density at radius 1 is 1.00 bits per heavy atom. The van der Waals surface area contributed by atoms with Crippen LogP contribution >= 0.6 is 23.2 Å². The maximum absolute atomic E-state index is 12.6. The zero-order valence-corrected chi connectivity index (χ0v) is 16.3. The first-order chi connectivity index (χ1) is 12.6. The lowest BCUT2D eigenvalue weighted by Gasteiger charge is -2.36. The highest BCUT2D eigenvalue weighted by Gasteiger charge is 2.23. The fourth-order valence-electron chi connectivity index (χ4n) is 3.25. The molecule has 0 radical (unpaired) electrons. The lowest BCUT2D eigenvalue weighted by Crippen LogP contribution is -2.48. The summed E-state index contributed by atoms with van der Waals surface area (Å²) in [5, 5.41) is 1.23. The number of para-hydroxylation sites is 2. The van der Waals surface area contributed by atoms with E-state index in [-0.39, 0.29) is 5.91 Å². The molecule has 1 aliphatic heterocycles. The Balaban J connectivity index is 1.55. The number of methoxy groups -OCH3 is 1. The van der Waals surface area contributed by atoms with Gasteiger partial charge in [-0.3, -0.25) is 4.79 Å². The van der Waals surface area contributed by atoms with Gasteiger partial charge in [-0.25, -0.2) is 0 Å². The second kappa shape index (κ2) is 8.65. The van der Waals surface area contributed by atoms with Crippen LogP contribution in [0.1, 0.15) is 12.0 Å². The summed E-state index contributed by atoms with van der Waals surface area (Å²) in [6, 6.07) is 13.4. The summed E-state index contributed by atoms with van der Waals surface area (Å²) in [7, 11) is 1.68. The number of nitrogens with zero attached hydrogens (tertiary/aromatic N) is 2. The van der Waals surface area contributed by atoms with Crippen LogP contribution in [-0.4, -0.2) is 44.1 Å². The van der Waals surface area contributed by atoms with Crippen LogP contribution in [0.15, 0.2) is 42.5 Å². The predicted octanol–water partition coefficient (Wildman–Crippen LogP) is 4.28. The lowest BCUT2D eigenvalue weighted by atomic mass is 10.1. The number of carbonyl (C=O) groups is 1. The summed E-state index contributed by atoms with van der Waals surface area (Å²) in [6.45, 7) is 2.98. The van der Waals surface area contributed by atoms with Gasteiger partial charge in [0.2, 0.25) is 5.91 Å². The van der Waals surface area contributed by atoms with E-state index < -0.39 is 0 Å². The molecule has 1 fully saturated rings. The van der Waals surface area contributed by atoms with Crippen molar-refractivity contribution in [3.05, 3.63) is 58.1 Å². The number of hydrogen-bond donors (Lipinski definition) is 0. The van der Waals surface area contributed by atoms with E-state index in [0.29, 0.717) is 36.0 Å². The van der Waals surface area contributed by atoms with Crippen LogP contribution < -0.4 is 9.64 Å².